The minimum absolute atomic E-state index is 0.709. The number of anilines is 2. The van der Waals surface area contributed by atoms with Crippen molar-refractivity contribution in [2.45, 2.75) is 6.54 Å². The van der Waals surface area contributed by atoms with Gasteiger partial charge in [0.15, 0.2) is 0 Å². The van der Waals surface area contributed by atoms with Gasteiger partial charge in [-0.2, -0.15) is 0 Å². The molecule has 0 saturated carbocycles. The van der Waals surface area contributed by atoms with Crippen LogP contribution in [0.3, 0.4) is 0 Å². The minimum Gasteiger partial charge on any atom is -0.467 e. The molecule has 0 radical (unpaired) electrons. The van der Waals surface area contributed by atoms with E-state index in [1.165, 1.54) is 0 Å². The van der Waals surface area contributed by atoms with Crippen LogP contribution in [-0.2, 0) is 6.54 Å². The Morgan fingerprint density at radius 1 is 1.21 bits per heavy atom. The van der Waals surface area contributed by atoms with Crippen LogP contribution in [0.2, 0.25) is 0 Å². The normalized spacial score (nSPS) is 10.8. The van der Waals surface area contributed by atoms with E-state index in [1.807, 2.05) is 43.6 Å². The van der Waals surface area contributed by atoms with Crippen LogP contribution in [-0.4, -0.2) is 12.0 Å². The predicted molar refractivity (Wildman–Crippen MR) is 77.0 cm³/mol. The number of pyridine rings is 1. The maximum absolute atomic E-state index is 6.00. The second-order valence-corrected chi connectivity index (χ2v) is 4.53. The summed E-state index contributed by atoms with van der Waals surface area (Å²) in [5, 5.41) is 2.08. The summed E-state index contributed by atoms with van der Waals surface area (Å²) in [7, 11) is 2.03. The van der Waals surface area contributed by atoms with Crippen LogP contribution < -0.4 is 10.6 Å². The molecule has 96 valence electrons. The Hall–Kier alpha value is -2.49. The van der Waals surface area contributed by atoms with E-state index in [-0.39, 0.29) is 0 Å². The Bertz CT molecular complexity index is 692. The maximum Gasteiger partial charge on any atom is 0.123 e. The van der Waals surface area contributed by atoms with Gasteiger partial charge < -0.3 is 15.1 Å². The molecule has 2 aromatic heterocycles. The lowest BCUT2D eigenvalue weighted by Gasteiger charge is -2.20. The molecule has 0 atom stereocenters. The zero-order chi connectivity index (χ0) is 13.2. The van der Waals surface area contributed by atoms with Gasteiger partial charge in [-0.1, -0.05) is 0 Å². The summed E-state index contributed by atoms with van der Waals surface area (Å²) in [5.74, 6) is 0.927. The Labute approximate surface area is 111 Å². The Morgan fingerprint density at radius 2 is 2.11 bits per heavy atom. The first kappa shape index (κ1) is 11.6. The molecule has 0 aliphatic heterocycles. The number of rotatable bonds is 3. The van der Waals surface area contributed by atoms with E-state index in [2.05, 4.69) is 9.88 Å². The number of benzene rings is 1. The van der Waals surface area contributed by atoms with Gasteiger partial charge in [0.1, 0.15) is 5.76 Å². The van der Waals surface area contributed by atoms with Crippen molar-refractivity contribution in [1.29, 1.82) is 0 Å². The van der Waals surface area contributed by atoms with Gasteiger partial charge in [0, 0.05) is 41.6 Å². The molecule has 0 spiro atoms. The van der Waals surface area contributed by atoms with Crippen LogP contribution in [0.1, 0.15) is 5.76 Å². The summed E-state index contributed by atoms with van der Waals surface area (Å²) in [6, 6.07) is 9.74. The third-order valence-electron chi connectivity index (χ3n) is 3.21. The van der Waals surface area contributed by atoms with Crippen molar-refractivity contribution in [3.63, 3.8) is 0 Å². The quantitative estimate of drug-likeness (QED) is 0.729. The smallest absolute Gasteiger partial charge is 0.123 e. The van der Waals surface area contributed by atoms with Crippen molar-refractivity contribution in [2.75, 3.05) is 17.7 Å². The van der Waals surface area contributed by atoms with Crippen molar-refractivity contribution >= 4 is 22.1 Å². The summed E-state index contributed by atoms with van der Waals surface area (Å²) >= 11 is 0. The lowest BCUT2D eigenvalue weighted by atomic mass is 10.1. The monoisotopic (exact) mass is 253 g/mol. The standard InChI is InChI=1S/C15H15N3O/c1-18(10-11-3-2-8-19-11)15-5-4-14(16)12-6-7-17-9-13(12)15/h2-9H,10,16H2,1H3. The zero-order valence-electron chi connectivity index (χ0n) is 10.7. The van der Waals surface area contributed by atoms with Gasteiger partial charge in [-0.05, 0) is 30.3 Å². The maximum atomic E-state index is 6.00. The highest BCUT2D eigenvalue weighted by atomic mass is 16.3. The van der Waals surface area contributed by atoms with Crippen LogP contribution in [0.4, 0.5) is 11.4 Å². The minimum atomic E-state index is 0.709. The van der Waals surface area contributed by atoms with Gasteiger partial charge >= 0.3 is 0 Å². The van der Waals surface area contributed by atoms with E-state index < -0.39 is 0 Å². The molecule has 3 aromatic rings. The Balaban J connectivity index is 2.03. The van der Waals surface area contributed by atoms with Gasteiger partial charge in [-0.3, -0.25) is 4.98 Å². The fraction of sp³-hybridized carbons (Fsp3) is 0.133. The predicted octanol–water partition coefficient (Wildman–Crippen LogP) is 3.05. The molecule has 0 aliphatic carbocycles. The summed E-state index contributed by atoms with van der Waals surface area (Å²) in [6.07, 6.45) is 5.29. The van der Waals surface area contributed by atoms with E-state index in [0.717, 1.165) is 27.9 Å². The highest BCUT2D eigenvalue weighted by Gasteiger charge is 2.09. The first-order valence-corrected chi connectivity index (χ1v) is 6.11. The highest BCUT2D eigenvalue weighted by molar-refractivity contribution is 6.00. The summed E-state index contributed by atoms with van der Waals surface area (Å²) < 4.78 is 5.38. The number of nitrogens with two attached hydrogens (primary N) is 1. The van der Waals surface area contributed by atoms with Gasteiger partial charge in [-0.25, -0.2) is 0 Å². The summed E-state index contributed by atoms with van der Waals surface area (Å²) in [5.41, 5.74) is 7.86. The topological polar surface area (TPSA) is 55.3 Å². The largest absolute Gasteiger partial charge is 0.467 e. The number of hydrogen-bond acceptors (Lipinski definition) is 4. The molecule has 0 amide bonds. The number of aromatic nitrogens is 1. The third-order valence-corrected chi connectivity index (χ3v) is 3.21. The molecule has 0 aliphatic rings. The number of furan rings is 1. The SMILES string of the molecule is CN(Cc1ccco1)c1ccc(N)c2ccncc12. The van der Waals surface area contributed by atoms with Crippen molar-refractivity contribution in [2.24, 2.45) is 0 Å². The van der Waals surface area contributed by atoms with E-state index in [0.29, 0.717) is 6.54 Å². The first-order chi connectivity index (χ1) is 9.25. The number of nitrogens with zero attached hydrogens (tertiary/aromatic N) is 2. The van der Waals surface area contributed by atoms with Crippen LogP contribution in [0, 0.1) is 0 Å². The van der Waals surface area contributed by atoms with E-state index in [9.17, 15) is 0 Å². The zero-order valence-corrected chi connectivity index (χ0v) is 10.7. The van der Waals surface area contributed by atoms with Gasteiger partial charge in [0.2, 0.25) is 0 Å². The second kappa shape index (κ2) is 4.65. The van der Waals surface area contributed by atoms with Gasteiger partial charge in [0.05, 0.1) is 12.8 Å². The molecule has 2 heterocycles. The van der Waals surface area contributed by atoms with Crippen LogP contribution in [0.15, 0.2) is 53.4 Å². The third kappa shape index (κ3) is 2.12. The average molecular weight is 253 g/mol. The molecular formula is C15H15N3O. The van der Waals surface area contributed by atoms with Gasteiger partial charge in [0.25, 0.3) is 0 Å². The van der Waals surface area contributed by atoms with Crippen LogP contribution in [0.5, 0.6) is 0 Å². The molecule has 1 aromatic carbocycles. The van der Waals surface area contributed by atoms with E-state index in [4.69, 9.17) is 10.2 Å². The summed E-state index contributed by atoms with van der Waals surface area (Å²) in [4.78, 5) is 6.32. The van der Waals surface area contributed by atoms with E-state index in [1.54, 1.807) is 12.5 Å². The van der Waals surface area contributed by atoms with Crippen LogP contribution in [0.25, 0.3) is 10.8 Å². The van der Waals surface area contributed by atoms with E-state index >= 15 is 0 Å². The molecule has 0 saturated heterocycles. The average Bonchev–Trinajstić information content (AvgIpc) is 2.92. The molecule has 19 heavy (non-hydrogen) atoms. The molecule has 3 rings (SSSR count). The first-order valence-electron chi connectivity index (χ1n) is 6.11. The lowest BCUT2D eigenvalue weighted by molar-refractivity contribution is 0.508. The van der Waals surface area contributed by atoms with Crippen molar-refractivity contribution in [1.82, 2.24) is 4.98 Å². The molecule has 0 unspecified atom stereocenters. The summed E-state index contributed by atoms with van der Waals surface area (Å²) in [6.45, 7) is 0.709. The highest BCUT2D eigenvalue weighted by Crippen LogP contribution is 2.30. The number of nitrogen functional groups attached to an aromatic ring is 1. The van der Waals surface area contributed by atoms with Gasteiger partial charge in [-0.15, -0.1) is 0 Å². The molecule has 4 heteroatoms. The fourth-order valence-corrected chi connectivity index (χ4v) is 2.25. The fourth-order valence-electron chi connectivity index (χ4n) is 2.25. The van der Waals surface area contributed by atoms with Crippen molar-refractivity contribution in [3.05, 3.63) is 54.7 Å². The second-order valence-electron chi connectivity index (χ2n) is 4.53. The number of hydrogen-bond donors (Lipinski definition) is 1. The Morgan fingerprint density at radius 3 is 2.89 bits per heavy atom. The Kier molecular flexibility index (Phi) is 2.83. The molecule has 2 N–H and O–H groups in total. The lowest BCUT2D eigenvalue weighted by Crippen LogP contribution is -2.16. The molecule has 0 bridgehead atoms. The van der Waals surface area contributed by atoms with Crippen LogP contribution >= 0.6 is 0 Å². The van der Waals surface area contributed by atoms with Crippen molar-refractivity contribution < 1.29 is 4.42 Å². The molecular weight excluding hydrogens is 238 g/mol. The number of fused-ring (bicyclic) bond motifs is 1. The molecule has 4 nitrogen and oxygen atoms in total. The molecule has 0 fully saturated rings. The van der Waals surface area contributed by atoms with Crippen molar-refractivity contribution in [3.8, 4) is 0 Å².